The Morgan fingerprint density at radius 3 is 2.44 bits per heavy atom. The van der Waals surface area contributed by atoms with Gasteiger partial charge in [-0.1, -0.05) is 0 Å². The predicted octanol–water partition coefficient (Wildman–Crippen LogP) is 0.0859. The van der Waals surface area contributed by atoms with Crippen LogP contribution in [0.3, 0.4) is 0 Å². The van der Waals surface area contributed by atoms with Crippen molar-refractivity contribution in [2.45, 2.75) is 17.6 Å². The molecule has 18 heavy (non-hydrogen) atoms. The summed E-state index contributed by atoms with van der Waals surface area (Å²) in [5, 5.41) is 1.45. The highest BCUT2D eigenvalue weighted by atomic mass is 35.5. The molecule has 10 heteroatoms. The van der Waals surface area contributed by atoms with Gasteiger partial charge in [-0.05, 0) is 0 Å². The lowest BCUT2D eigenvalue weighted by atomic mass is 10.2. The van der Waals surface area contributed by atoms with Crippen molar-refractivity contribution in [3.8, 4) is 0 Å². The van der Waals surface area contributed by atoms with Gasteiger partial charge < -0.3 is 10.1 Å². The van der Waals surface area contributed by atoms with E-state index in [4.69, 9.17) is 11.6 Å². The minimum Gasteiger partial charge on any atom is -0.362 e. The van der Waals surface area contributed by atoms with Crippen molar-refractivity contribution in [2.24, 2.45) is 0 Å². The van der Waals surface area contributed by atoms with Crippen LogP contribution in [0.1, 0.15) is 0 Å². The second-order valence-electron chi connectivity index (χ2n) is 3.87. The molecule has 2 unspecified atom stereocenters. The maximum Gasteiger partial charge on any atom is 0.411 e. The summed E-state index contributed by atoms with van der Waals surface area (Å²) >= 11 is 5.70. The Hall–Kier alpha value is -0.540. The van der Waals surface area contributed by atoms with Crippen molar-refractivity contribution >= 4 is 27.3 Å². The van der Waals surface area contributed by atoms with Crippen LogP contribution in [-0.4, -0.2) is 56.6 Å². The van der Waals surface area contributed by atoms with Crippen LogP contribution in [0.2, 0.25) is 0 Å². The highest BCUT2D eigenvalue weighted by Gasteiger charge is 2.37. The molecule has 0 bridgehead atoms. The van der Waals surface area contributed by atoms with Crippen molar-refractivity contribution in [1.29, 1.82) is 0 Å². The average molecular weight is 310 g/mol. The minimum atomic E-state index is -4.51. The van der Waals surface area contributed by atoms with Crippen LogP contribution in [0, 0.1) is 0 Å². The number of nitrogens with one attached hydrogen (secondary N) is 1. The Balaban J connectivity index is 2.33. The smallest absolute Gasteiger partial charge is 0.362 e. The third-order valence-corrected chi connectivity index (χ3v) is 4.50. The maximum atomic E-state index is 11.7. The van der Waals surface area contributed by atoms with Crippen molar-refractivity contribution in [3.05, 3.63) is 0 Å². The number of hydrogen-bond acceptors (Lipinski definition) is 4. The Bertz CT molecular complexity index is 411. The van der Waals surface area contributed by atoms with E-state index in [1.165, 1.54) is 0 Å². The summed E-state index contributed by atoms with van der Waals surface area (Å²) in [6.45, 7) is -2.33. The highest BCUT2D eigenvalue weighted by molar-refractivity contribution is 7.91. The van der Waals surface area contributed by atoms with Crippen molar-refractivity contribution in [3.63, 3.8) is 0 Å². The summed E-state index contributed by atoms with van der Waals surface area (Å²) < 4.78 is 61.6. The number of carbonyl (C=O) groups is 1. The molecule has 0 aromatic carbocycles. The number of amides is 1. The van der Waals surface area contributed by atoms with Gasteiger partial charge in [0.25, 0.3) is 0 Å². The third-order valence-electron chi connectivity index (χ3n) is 2.13. The van der Waals surface area contributed by atoms with Crippen molar-refractivity contribution < 1.29 is 31.1 Å². The molecular formula is C8H11ClF3NO4S. The fourth-order valence-corrected chi connectivity index (χ4v) is 3.99. The fraction of sp³-hybridized carbons (Fsp3) is 0.875. The first kappa shape index (κ1) is 15.5. The number of carbonyl (C=O) groups excluding carboxylic acids is 1. The molecule has 0 aliphatic carbocycles. The van der Waals surface area contributed by atoms with Crippen LogP contribution in [0.25, 0.3) is 0 Å². The average Bonchev–Trinajstić information content (AvgIpc) is 2.36. The minimum absolute atomic E-state index is 0.261. The molecule has 1 fully saturated rings. The van der Waals surface area contributed by atoms with Gasteiger partial charge in [-0.25, -0.2) is 8.42 Å². The SMILES string of the molecule is O=C(COCC(F)(F)F)NC1CS(=O)(=O)CC1Cl. The van der Waals surface area contributed by atoms with E-state index >= 15 is 0 Å². The lowest BCUT2D eigenvalue weighted by molar-refractivity contribution is -0.175. The van der Waals surface area contributed by atoms with Crippen LogP contribution in [0.5, 0.6) is 0 Å². The number of hydrogen-bond donors (Lipinski definition) is 1. The molecule has 1 amide bonds. The van der Waals surface area contributed by atoms with E-state index in [-0.39, 0.29) is 11.5 Å². The molecule has 106 valence electrons. The molecule has 5 nitrogen and oxygen atoms in total. The van der Waals surface area contributed by atoms with E-state index in [0.29, 0.717) is 0 Å². The summed E-state index contributed by atoms with van der Waals surface area (Å²) in [7, 11) is -3.30. The fourth-order valence-electron chi connectivity index (χ4n) is 1.44. The van der Waals surface area contributed by atoms with E-state index in [9.17, 15) is 26.4 Å². The van der Waals surface area contributed by atoms with Crippen LogP contribution in [-0.2, 0) is 19.4 Å². The molecule has 1 heterocycles. The molecule has 0 aromatic heterocycles. The molecule has 1 N–H and O–H groups in total. The van der Waals surface area contributed by atoms with Gasteiger partial charge in [-0.3, -0.25) is 4.79 Å². The molecule has 1 saturated heterocycles. The van der Waals surface area contributed by atoms with Gasteiger partial charge in [0, 0.05) is 0 Å². The molecule has 0 radical (unpaired) electrons. The zero-order chi connectivity index (χ0) is 14.0. The van der Waals surface area contributed by atoms with Gasteiger partial charge in [0.1, 0.15) is 13.2 Å². The zero-order valence-corrected chi connectivity index (χ0v) is 10.6. The van der Waals surface area contributed by atoms with E-state index in [1.807, 2.05) is 0 Å². The first-order valence-electron chi connectivity index (χ1n) is 4.87. The standard InChI is InChI=1S/C8H11ClF3NO4S/c9-5-2-18(15,16)3-6(5)13-7(14)1-17-4-8(10,11)12/h5-6H,1-4H2,(H,13,14). The van der Waals surface area contributed by atoms with Crippen LogP contribution in [0.4, 0.5) is 13.2 Å². The van der Waals surface area contributed by atoms with Gasteiger partial charge >= 0.3 is 6.18 Å². The Morgan fingerprint density at radius 2 is 2.00 bits per heavy atom. The summed E-state index contributed by atoms with van der Waals surface area (Å²) in [6, 6.07) is -0.793. The maximum absolute atomic E-state index is 11.7. The molecule has 0 aromatic rings. The Labute approximate surface area is 107 Å². The number of sulfone groups is 1. The summed E-state index contributed by atoms with van der Waals surface area (Å²) in [6.07, 6.45) is -4.51. The summed E-state index contributed by atoms with van der Waals surface area (Å²) in [4.78, 5) is 11.2. The second kappa shape index (κ2) is 5.62. The van der Waals surface area contributed by atoms with Gasteiger partial charge in [-0.15, -0.1) is 11.6 Å². The predicted molar refractivity (Wildman–Crippen MR) is 57.1 cm³/mol. The molecule has 2 atom stereocenters. The van der Waals surface area contributed by atoms with Crippen LogP contribution >= 0.6 is 11.6 Å². The lowest BCUT2D eigenvalue weighted by Gasteiger charge is -2.14. The normalized spacial score (nSPS) is 27.1. The molecule has 0 spiro atoms. The number of rotatable bonds is 4. The largest absolute Gasteiger partial charge is 0.411 e. The lowest BCUT2D eigenvalue weighted by Crippen LogP contribution is -2.42. The van der Waals surface area contributed by atoms with E-state index in [2.05, 4.69) is 10.1 Å². The Kier molecular flexibility index (Phi) is 4.84. The molecular weight excluding hydrogens is 299 g/mol. The quantitative estimate of drug-likeness (QED) is 0.747. The van der Waals surface area contributed by atoms with Gasteiger partial charge in [0.15, 0.2) is 9.84 Å². The Morgan fingerprint density at radius 1 is 1.39 bits per heavy atom. The third kappa shape index (κ3) is 5.40. The molecule has 1 aliphatic heterocycles. The molecule has 1 rings (SSSR count). The molecule has 0 saturated carbocycles. The first-order valence-corrected chi connectivity index (χ1v) is 7.13. The topological polar surface area (TPSA) is 72.5 Å². The van der Waals surface area contributed by atoms with E-state index in [1.54, 1.807) is 0 Å². The van der Waals surface area contributed by atoms with Gasteiger partial charge in [0.05, 0.1) is 22.9 Å². The van der Waals surface area contributed by atoms with Crippen LogP contribution in [0.15, 0.2) is 0 Å². The van der Waals surface area contributed by atoms with E-state index < -0.39 is 46.6 Å². The second-order valence-corrected chi connectivity index (χ2v) is 6.59. The first-order chi connectivity index (χ1) is 8.09. The number of halogens is 4. The van der Waals surface area contributed by atoms with Crippen molar-refractivity contribution in [1.82, 2.24) is 5.32 Å². The monoisotopic (exact) mass is 309 g/mol. The summed E-state index contributed by atoms with van der Waals surface area (Å²) in [5.41, 5.74) is 0. The highest BCUT2D eigenvalue weighted by Crippen LogP contribution is 2.18. The molecule has 1 aliphatic rings. The van der Waals surface area contributed by atoms with Gasteiger partial charge in [0.2, 0.25) is 5.91 Å². The number of ether oxygens (including phenoxy) is 1. The zero-order valence-electron chi connectivity index (χ0n) is 9.04. The van der Waals surface area contributed by atoms with Gasteiger partial charge in [-0.2, -0.15) is 13.2 Å². The summed E-state index contributed by atoms with van der Waals surface area (Å²) in [5.74, 6) is -1.40. The number of alkyl halides is 4. The van der Waals surface area contributed by atoms with Crippen molar-refractivity contribution in [2.75, 3.05) is 24.7 Å². The van der Waals surface area contributed by atoms with Crippen LogP contribution < -0.4 is 5.32 Å². The van der Waals surface area contributed by atoms with E-state index in [0.717, 1.165) is 0 Å².